The summed E-state index contributed by atoms with van der Waals surface area (Å²) in [7, 11) is 0. The average molecular weight is 327 g/mol. The van der Waals surface area contributed by atoms with E-state index < -0.39 is 6.61 Å². The van der Waals surface area contributed by atoms with Crippen LogP contribution in [0.15, 0.2) is 12.1 Å². The van der Waals surface area contributed by atoms with Crippen molar-refractivity contribution in [1.82, 2.24) is 0 Å². The monoisotopic (exact) mass is 327 g/mol. The number of carbonyl (C=O) groups excluding carboxylic acids is 1. The SMILES string of the molecule is CC(=O)c1ccc(N)c(I)c1OC(F)F. The molecule has 0 saturated heterocycles. The molecule has 0 aliphatic carbocycles. The zero-order valence-electron chi connectivity index (χ0n) is 7.76. The van der Waals surface area contributed by atoms with Crippen LogP contribution >= 0.6 is 22.6 Å². The first-order valence-corrected chi connectivity index (χ1v) is 5.05. The topological polar surface area (TPSA) is 52.3 Å². The zero-order valence-corrected chi connectivity index (χ0v) is 9.92. The molecule has 0 aliphatic rings. The number of hydrogen-bond donors (Lipinski definition) is 1. The summed E-state index contributed by atoms with van der Waals surface area (Å²) >= 11 is 1.76. The van der Waals surface area contributed by atoms with Gasteiger partial charge in [0, 0.05) is 5.69 Å². The van der Waals surface area contributed by atoms with Gasteiger partial charge in [0.25, 0.3) is 0 Å². The predicted molar refractivity (Wildman–Crippen MR) is 60.2 cm³/mol. The van der Waals surface area contributed by atoms with E-state index in [1.54, 1.807) is 22.6 Å². The summed E-state index contributed by atoms with van der Waals surface area (Å²) in [5, 5.41) is 0. The Hall–Kier alpha value is -0.920. The summed E-state index contributed by atoms with van der Waals surface area (Å²) in [5.74, 6) is -0.498. The number of ketones is 1. The largest absolute Gasteiger partial charge is 0.433 e. The van der Waals surface area contributed by atoms with Crippen molar-refractivity contribution in [2.45, 2.75) is 13.5 Å². The minimum absolute atomic E-state index is 0.105. The summed E-state index contributed by atoms with van der Waals surface area (Å²) < 4.78 is 28.8. The van der Waals surface area contributed by atoms with Gasteiger partial charge in [0.2, 0.25) is 0 Å². The van der Waals surface area contributed by atoms with Crippen molar-refractivity contribution in [1.29, 1.82) is 0 Å². The lowest BCUT2D eigenvalue weighted by Crippen LogP contribution is -2.09. The molecular formula is C9H8F2INO2. The molecule has 0 aromatic heterocycles. The van der Waals surface area contributed by atoms with Gasteiger partial charge in [0.05, 0.1) is 9.13 Å². The second kappa shape index (κ2) is 4.73. The van der Waals surface area contributed by atoms with Gasteiger partial charge in [0.1, 0.15) is 0 Å². The van der Waals surface area contributed by atoms with E-state index in [1.165, 1.54) is 19.1 Å². The highest BCUT2D eigenvalue weighted by atomic mass is 127. The van der Waals surface area contributed by atoms with Gasteiger partial charge >= 0.3 is 6.61 Å². The predicted octanol–water partition coefficient (Wildman–Crippen LogP) is 2.68. The van der Waals surface area contributed by atoms with Crippen LogP contribution in [0.5, 0.6) is 5.75 Å². The first kappa shape index (κ1) is 12.2. The van der Waals surface area contributed by atoms with Gasteiger partial charge in [-0.1, -0.05) is 0 Å². The normalized spacial score (nSPS) is 10.5. The first-order valence-electron chi connectivity index (χ1n) is 3.97. The Bertz CT molecular complexity index is 396. The number of benzene rings is 1. The Morgan fingerprint density at radius 2 is 2.13 bits per heavy atom. The van der Waals surface area contributed by atoms with Gasteiger partial charge in [-0.3, -0.25) is 4.79 Å². The van der Waals surface area contributed by atoms with Crippen molar-refractivity contribution >= 4 is 34.1 Å². The number of ether oxygens (including phenoxy) is 1. The molecule has 0 unspecified atom stereocenters. The van der Waals surface area contributed by atoms with Crippen LogP contribution in [-0.2, 0) is 0 Å². The first-order chi connectivity index (χ1) is 6.93. The fourth-order valence-corrected chi connectivity index (χ4v) is 1.65. The molecule has 1 aromatic rings. The van der Waals surface area contributed by atoms with Gasteiger partial charge in [-0.25, -0.2) is 0 Å². The van der Waals surface area contributed by atoms with E-state index in [1.807, 2.05) is 0 Å². The van der Waals surface area contributed by atoms with Gasteiger partial charge in [-0.15, -0.1) is 0 Å². The van der Waals surface area contributed by atoms with Crippen LogP contribution in [-0.4, -0.2) is 12.4 Å². The van der Waals surface area contributed by atoms with Crippen molar-refractivity contribution in [3.05, 3.63) is 21.3 Å². The third-order valence-corrected chi connectivity index (χ3v) is 2.83. The number of rotatable bonds is 3. The van der Waals surface area contributed by atoms with E-state index in [4.69, 9.17) is 5.73 Å². The van der Waals surface area contributed by atoms with Crippen LogP contribution in [0.3, 0.4) is 0 Å². The van der Waals surface area contributed by atoms with Gasteiger partial charge in [-0.05, 0) is 41.6 Å². The fraction of sp³-hybridized carbons (Fsp3) is 0.222. The van der Waals surface area contributed by atoms with Gasteiger partial charge in [0.15, 0.2) is 11.5 Å². The fourth-order valence-electron chi connectivity index (χ4n) is 1.05. The van der Waals surface area contributed by atoms with E-state index >= 15 is 0 Å². The molecule has 0 spiro atoms. The summed E-state index contributed by atoms with van der Waals surface area (Å²) in [4.78, 5) is 11.1. The number of Topliss-reactive ketones (excluding diaryl/α,β-unsaturated/α-hetero) is 1. The smallest absolute Gasteiger partial charge is 0.387 e. The summed E-state index contributed by atoms with van der Waals surface area (Å²) in [6.45, 7) is -1.70. The molecular weight excluding hydrogens is 319 g/mol. The molecule has 82 valence electrons. The maximum absolute atomic E-state index is 12.1. The Morgan fingerprint density at radius 3 is 2.60 bits per heavy atom. The van der Waals surface area contributed by atoms with Crippen molar-refractivity contribution in [3.63, 3.8) is 0 Å². The van der Waals surface area contributed by atoms with E-state index in [2.05, 4.69) is 4.74 Å². The Labute approximate surface area is 98.7 Å². The highest BCUT2D eigenvalue weighted by molar-refractivity contribution is 14.1. The summed E-state index contributed by atoms with van der Waals surface area (Å²) in [5.41, 5.74) is 5.93. The molecule has 0 bridgehead atoms. The second-order valence-corrected chi connectivity index (χ2v) is 3.86. The number of nitrogen functional groups attached to an aromatic ring is 1. The molecule has 2 N–H and O–H groups in total. The molecule has 3 nitrogen and oxygen atoms in total. The number of nitrogens with two attached hydrogens (primary N) is 1. The molecule has 15 heavy (non-hydrogen) atoms. The molecule has 0 fully saturated rings. The summed E-state index contributed by atoms with van der Waals surface area (Å²) in [6, 6.07) is 2.86. The maximum Gasteiger partial charge on any atom is 0.387 e. The van der Waals surface area contributed by atoms with Crippen LogP contribution in [0.2, 0.25) is 0 Å². The van der Waals surface area contributed by atoms with Gasteiger partial charge < -0.3 is 10.5 Å². The lowest BCUT2D eigenvalue weighted by molar-refractivity contribution is -0.0506. The van der Waals surface area contributed by atoms with Crippen molar-refractivity contribution in [3.8, 4) is 5.75 Å². The van der Waals surface area contributed by atoms with Crippen molar-refractivity contribution < 1.29 is 18.3 Å². The van der Waals surface area contributed by atoms with Crippen LogP contribution < -0.4 is 10.5 Å². The van der Waals surface area contributed by atoms with E-state index in [9.17, 15) is 13.6 Å². The Kier molecular flexibility index (Phi) is 3.83. The van der Waals surface area contributed by atoms with Crippen molar-refractivity contribution in [2.75, 3.05) is 5.73 Å². The minimum Gasteiger partial charge on any atom is -0.433 e. The molecule has 0 amide bonds. The summed E-state index contributed by atoms with van der Waals surface area (Å²) in [6.07, 6.45) is 0. The van der Waals surface area contributed by atoms with Crippen molar-refractivity contribution in [2.24, 2.45) is 0 Å². The number of carbonyl (C=O) groups is 1. The van der Waals surface area contributed by atoms with E-state index in [-0.39, 0.29) is 17.1 Å². The Morgan fingerprint density at radius 1 is 1.53 bits per heavy atom. The number of alkyl halides is 2. The highest BCUT2D eigenvalue weighted by Crippen LogP contribution is 2.32. The third-order valence-electron chi connectivity index (χ3n) is 1.71. The molecule has 0 atom stereocenters. The molecule has 0 saturated carbocycles. The lowest BCUT2D eigenvalue weighted by atomic mass is 10.1. The zero-order chi connectivity index (χ0) is 11.6. The van der Waals surface area contributed by atoms with E-state index in [0.717, 1.165) is 0 Å². The molecule has 0 aliphatic heterocycles. The van der Waals surface area contributed by atoms with E-state index in [0.29, 0.717) is 9.26 Å². The molecule has 0 radical (unpaired) electrons. The molecule has 1 rings (SSSR count). The Balaban J connectivity index is 3.28. The second-order valence-electron chi connectivity index (χ2n) is 2.78. The van der Waals surface area contributed by atoms with Crippen LogP contribution in [0, 0.1) is 3.57 Å². The highest BCUT2D eigenvalue weighted by Gasteiger charge is 2.17. The minimum atomic E-state index is -2.97. The number of halogens is 3. The molecule has 6 heteroatoms. The van der Waals surface area contributed by atoms with Crippen LogP contribution in [0.4, 0.5) is 14.5 Å². The van der Waals surface area contributed by atoms with Crippen LogP contribution in [0.1, 0.15) is 17.3 Å². The maximum atomic E-state index is 12.1. The number of hydrogen-bond acceptors (Lipinski definition) is 3. The van der Waals surface area contributed by atoms with Crippen LogP contribution in [0.25, 0.3) is 0 Å². The lowest BCUT2D eigenvalue weighted by Gasteiger charge is -2.12. The average Bonchev–Trinajstić information content (AvgIpc) is 2.12. The molecule has 1 aromatic carbocycles. The quantitative estimate of drug-likeness (QED) is 0.528. The van der Waals surface area contributed by atoms with Gasteiger partial charge in [-0.2, -0.15) is 8.78 Å². The number of anilines is 1. The standard InChI is InChI=1S/C9H8F2INO2/c1-4(14)5-2-3-6(13)7(12)8(5)15-9(10)11/h2-3,9H,13H2,1H3. The third kappa shape index (κ3) is 2.77. The molecule has 0 heterocycles.